The van der Waals surface area contributed by atoms with Crippen LogP contribution in [0.4, 0.5) is 5.69 Å². The molecule has 0 aromatic heterocycles. The minimum atomic E-state index is -0.515. The second kappa shape index (κ2) is 11.3. The van der Waals surface area contributed by atoms with Crippen molar-refractivity contribution in [2.45, 2.75) is 6.42 Å². The number of nitrogens with one attached hydrogen (secondary N) is 2. The van der Waals surface area contributed by atoms with E-state index in [2.05, 4.69) is 21.9 Å². The fourth-order valence-corrected chi connectivity index (χ4v) is 2.48. The average molecular weight is 412 g/mol. The van der Waals surface area contributed by atoms with Crippen LogP contribution in [0.1, 0.15) is 15.9 Å². The number of carbonyl (C=O) groups is 3. The summed E-state index contributed by atoms with van der Waals surface area (Å²) in [5.41, 5.74) is 1.72. The summed E-state index contributed by atoms with van der Waals surface area (Å²) in [7, 11) is 2.75. The van der Waals surface area contributed by atoms with Gasteiger partial charge in [-0.05, 0) is 35.9 Å². The highest BCUT2D eigenvalue weighted by Crippen LogP contribution is 2.28. The van der Waals surface area contributed by atoms with Crippen LogP contribution in [-0.4, -0.2) is 45.2 Å². The number of carbonyl (C=O) groups excluding carboxylic acids is 3. The Labute approximate surface area is 174 Å². The number of rotatable bonds is 10. The van der Waals surface area contributed by atoms with Crippen LogP contribution < -0.4 is 20.1 Å². The quantitative estimate of drug-likeness (QED) is 0.459. The maximum atomic E-state index is 12.5. The second-order valence-corrected chi connectivity index (χ2v) is 6.15. The number of hydrogen-bond donors (Lipinski definition) is 2. The van der Waals surface area contributed by atoms with Crippen molar-refractivity contribution in [1.29, 1.82) is 0 Å². The Kier molecular flexibility index (Phi) is 8.43. The molecule has 0 atom stereocenters. The van der Waals surface area contributed by atoms with Gasteiger partial charge in [0.25, 0.3) is 5.91 Å². The Hall–Kier alpha value is -3.81. The van der Waals surface area contributed by atoms with Gasteiger partial charge in [-0.3, -0.25) is 14.4 Å². The van der Waals surface area contributed by atoms with Crippen molar-refractivity contribution < 1.29 is 28.6 Å². The Morgan fingerprint density at radius 2 is 1.77 bits per heavy atom. The normalized spacial score (nSPS) is 9.93. The lowest BCUT2D eigenvalue weighted by Gasteiger charge is -2.11. The maximum absolute atomic E-state index is 12.5. The van der Waals surface area contributed by atoms with Crippen LogP contribution in [-0.2, 0) is 20.7 Å². The third-order valence-corrected chi connectivity index (χ3v) is 4.02. The van der Waals surface area contributed by atoms with Gasteiger partial charge < -0.3 is 24.8 Å². The molecule has 0 bridgehead atoms. The fourth-order valence-electron chi connectivity index (χ4n) is 2.48. The molecule has 0 fully saturated rings. The zero-order valence-electron chi connectivity index (χ0n) is 16.9. The number of anilines is 1. The summed E-state index contributed by atoms with van der Waals surface area (Å²) in [6.07, 6.45) is 1.72. The van der Waals surface area contributed by atoms with Gasteiger partial charge >= 0.3 is 5.97 Å². The van der Waals surface area contributed by atoms with Crippen LogP contribution in [0.15, 0.2) is 55.1 Å². The Balaban J connectivity index is 1.96. The number of amides is 2. The molecule has 0 unspecified atom stereocenters. The predicted octanol–water partition coefficient (Wildman–Crippen LogP) is 2.34. The smallest absolute Gasteiger partial charge is 0.325 e. The first-order valence-corrected chi connectivity index (χ1v) is 9.12. The molecule has 2 aromatic rings. The molecule has 0 heterocycles. The molecule has 0 saturated heterocycles. The molecule has 0 aliphatic heterocycles. The SMILES string of the molecule is C=CCOc1ccc(C(=O)Nc2ccc(CC(=O)NCC(=O)OC)cc2)cc1OC. The monoisotopic (exact) mass is 412 g/mol. The van der Waals surface area contributed by atoms with Gasteiger partial charge in [0.05, 0.1) is 20.6 Å². The molecule has 2 rings (SSSR count). The minimum absolute atomic E-state index is 0.106. The van der Waals surface area contributed by atoms with Gasteiger partial charge in [-0.25, -0.2) is 0 Å². The van der Waals surface area contributed by atoms with Gasteiger partial charge in [-0.15, -0.1) is 0 Å². The van der Waals surface area contributed by atoms with Crippen molar-refractivity contribution in [1.82, 2.24) is 5.32 Å². The first kappa shape index (κ1) is 22.5. The average Bonchev–Trinajstić information content (AvgIpc) is 2.77. The summed E-state index contributed by atoms with van der Waals surface area (Å²) in [4.78, 5) is 35.4. The van der Waals surface area contributed by atoms with E-state index < -0.39 is 5.97 Å². The number of hydrogen-bond acceptors (Lipinski definition) is 6. The number of ether oxygens (including phenoxy) is 3. The maximum Gasteiger partial charge on any atom is 0.325 e. The van der Waals surface area contributed by atoms with E-state index in [0.29, 0.717) is 29.4 Å². The van der Waals surface area contributed by atoms with Crippen molar-refractivity contribution in [2.24, 2.45) is 0 Å². The fraction of sp³-hybridized carbons (Fsp3) is 0.227. The van der Waals surface area contributed by atoms with Crippen LogP contribution in [0.5, 0.6) is 11.5 Å². The Morgan fingerprint density at radius 1 is 1.03 bits per heavy atom. The highest BCUT2D eigenvalue weighted by atomic mass is 16.5. The summed E-state index contributed by atoms with van der Waals surface area (Å²) < 4.78 is 15.2. The number of benzene rings is 2. The summed E-state index contributed by atoms with van der Waals surface area (Å²) in [5, 5.41) is 5.25. The topological polar surface area (TPSA) is 103 Å². The van der Waals surface area contributed by atoms with Gasteiger partial charge in [0.2, 0.25) is 5.91 Å². The molecule has 0 radical (unpaired) electrons. The zero-order chi connectivity index (χ0) is 21.9. The van der Waals surface area contributed by atoms with E-state index in [4.69, 9.17) is 9.47 Å². The molecule has 2 amide bonds. The molecule has 8 heteroatoms. The molecular weight excluding hydrogens is 388 g/mol. The molecule has 0 spiro atoms. The summed E-state index contributed by atoms with van der Waals surface area (Å²) in [6, 6.07) is 11.7. The van der Waals surface area contributed by atoms with Crippen molar-refractivity contribution in [2.75, 3.05) is 32.7 Å². The molecule has 2 aromatic carbocycles. The molecule has 2 N–H and O–H groups in total. The van der Waals surface area contributed by atoms with Crippen molar-refractivity contribution >= 4 is 23.5 Å². The van der Waals surface area contributed by atoms with E-state index in [1.165, 1.54) is 14.2 Å². The lowest BCUT2D eigenvalue weighted by atomic mass is 10.1. The second-order valence-electron chi connectivity index (χ2n) is 6.15. The van der Waals surface area contributed by atoms with Crippen molar-refractivity contribution in [3.05, 3.63) is 66.2 Å². The molecule has 0 saturated carbocycles. The standard InChI is InChI=1S/C22H24N2O6/c1-4-11-30-18-10-7-16(13-19(18)28-2)22(27)24-17-8-5-15(6-9-17)12-20(25)23-14-21(26)29-3/h4-10,13H,1,11-12,14H2,2-3H3,(H,23,25)(H,24,27). The molecule has 158 valence electrons. The highest BCUT2D eigenvalue weighted by Gasteiger charge is 2.12. The summed E-state index contributed by atoms with van der Waals surface area (Å²) >= 11 is 0. The Morgan fingerprint density at radius 3 is 2.40 bits per heavy atom. The van der Waals surface area contributed by atoms with Crippen LogP contribution in [0, 0.1) is 0 Å². The summed E-state index contributed by atoms with van der Waals surface area (Å²) in [6.45, 7) is 3.75. The third-order valence-electron chi connectivity index (χ3n) is 4.02. The van der Waals surface area contributed by atoms with Crippen molar-refractivity contribution in [3.8, 4) is 11.5 Å². The van der Waals surface area contributed by atoms with E-state index in [1.54, 1.807) is 48.5 Å². The molecule has 8 nitrogen and oxygen atoms in total. The van der Waals surface area contributed by atoms with Crippen LogP contribution in [0.25, 0.3) is 0 Å². The van der Waals surface area contributed by atoms with E-state index in [9.17, 15) is 14.4 Å². The molecule has 30 heavy (non-hydrogen) atoms. The zero-order valence-corrected chi connectivity index (χ0v) is 16.9. The number of methoxy groups -OCH3 is 2. The van der Waals surface area contributed by atoms with Gasteiger partial charge in [0.1, 0.15) is 13.2 Å². The lowest BCUT2D eigenvalue weighted by molar-refractivity contribution is -0.141. The van der Waals surface area contributed by atoms with E-state index in [1.807, 2.05) is 0 Å². The first-order chi connectivity index (χ1) is 14.5. The van der Waals surface area contributed by atoms with Crippen LogP contribution in [0.3, 0.4) is 0 Å². The molecule has 0 aliphatic carbocycles. The summed E-state index contributed by atoms with van der Waals surface area (Å²) in [5.74, 6) is -0.171. The highest BCUT2D eigenvalue weighted by molar-refractivity contribution is 6.04. The van der Waals surface area contributed by atoms with Gasteiger partial charge in [0, 0.05) is 11.3 Å². The molecule has 0 aliphatic rings. The van der Waals surface area contributed by atoms with Gasteiger partial charge in [-0.1, -0.05) is 24.8 Å². The third kappa shape index (κ3) is 6.66. The van der Waals surface area contributed by atoms with Gasteiger partial charge in [-0.2, -0.15) is 0 Å². The first-order valence-electron chi connectivity index (χ1n) is 9.12. The Bertz CT molecular complexity index is 908. The minimum Gasteiger partial charge on any atom is -0.493 e. The predicted molar refractivity (Wildman–Crippen MR) is 112 cm³/mol. The lowest BCUT2D eigenvalue weighted by Crippen LogP contribution is -2.31. The van der Waals surface area contributed by atoms with E-state index in [-0.39, 0.29) is 24.8 Å². The van der Waals surface area contributed by atoms with Crippen molar-refractivity contribution in [3.63, 3.8) is 0 Å². The van der Waals surface area contributed by atoms with Crippen LogP contribution in [0.2, 0.25) is 0 Å². The van der Waals surface area contributed by atoms with Gasteiger partial charge in [0.15, 0.2) is 11.5 Å². The van der Waals surface area contributed by atoms with Crippen LogP contribution >= 0.6 is 0 Å². The number of esters is 1. The van der Waals surface area contributed by atoms with E-state index in [0.717, 1.165) is 5.56 Å². The van der Waals surface area contributed by atoms with E-state index >= 15 is 0 Å². The molecular formula is C22H24N2O6. The largest absolute Gasteiger partial charge is 0.493 e.